The van der Waals surface area contributed by atoms with Gasteiger partial charge in [-0.15, -0.1) is 0 Å². The van der Waals surface area contributed by atoms with Gasteiger partial charge in [0.2, 0.25) is 0 Å². The van der Waals surface area contributed by atoms with Crippen LogP contribution in [0.2, 0.25) is 0 Å². The van der Waals surface area contributed by atoms with Crippen LogP contribution in [0.15, 0.2) is 53.3 Å². The minimum absolute atomic E-state index is 0.0759. The molecule has 2 N–H and O–H groups in total. The van der Waals surface area contributed by atoms with E-state index in [0.29, 0.717) is 22.9 Å². The van der Waals surface area contributed by atoms with Crippen LogP contribution in [0, 0.1) is 0 Å². The normalized spacial score (nSPS) is 11.0. The second-order valence-electron chi connectivity index (χ2n) is 7.08. The predicted octanol–water partition coefficient (Wildman–Crippen LogP) is 2.33. The number of hydrazine groups is 1. The highest BCUT2D eigenvalue weighted by Gasteiger charge is 2.17. The average Bonchev–Trinajstić information content (AvgIpc) is 2.81. The highest BCUT2D eigenvalue weighted by molar-refractivity contribution is 6.06. The zero-order chi connectivity index (χ0) is 22.4. The molecular weight excluding hydrogens is 394 g/mol. The van der Waals surface area contributed by atoms with Crippen molar-refractivity contribution >= 4 is 22.6 Å². The van der Waals surface area contributed by atoms with E-state index in [-0.39, 0.29) is 11.3 Å². The predicted molar refractivity (Wildman–Crippen MR) is 120 cm³/mol. The number of aromatic nitrogens is 2. The molecule has 0 saturated carbocycles. The quantitative estimate of drug-likeness (QED) is 0.571. The summed E-state index contributed by atoms with van der Waals surface area (Å²) in [5.74, 6) is -1.03. The second kappa shape index (κ2) is 9.99. The number of hydrogen-bond donors (Lipinski definition) is 2. The van der Waals surface area contributed by atoms with Crippen LogP contribution in [0.4, 0.5) is 0 Å². The molecule has 8 nitrogen and oxygen atoms in total. The molecule has 0 spiro atoms. The van der Waals surface area contributed by atoms with Gasteiger partial charge in [-0.25, -0.2) is 4.68 Å². The first-order valence-corrected chi connectivity index (χ1v) is 10.4. The Morgan fingerprint density at radius 2 is 1.52 bits per heavy atom. The molecule has 3 aromatic rings. The largest absolute Gasteiger partial charge is 0.300 e. The van der Waals surface area contributed by atoms with E-state index in [1.54, 1.807) is 43.3 Å². The van der Waals surface area contributed by atoms with Gasteiger partial charge in [0.25, 0.3) is 17.4 Å². The molecule has 0 aliphatic rings. The Labute approximate surface area is 180 Å². The lowest BCUT2D eigenvalue weighted by Gasteiger charge is -2.18. The molecule has 8 heteroatoms. The van der Waals surface area contributed by atoms with Crippen LogP contribution in [0.1, 0.15) is 47.2 Å². The minimum Gasteiger partial charge on any atom is -0.300 e. The minimum atomic E-state index is -0.593. The summed E-state index contributed by atoms with van der Waals surface area (Å²) >= 11 is 0. The summed E-state index contributed by atoms with van der Waals surface area (Å²) in [5, 5.41) is 5.00. The third-order valence-corrected chi connectivity index (χ3v) is 5.19. The Balaban J connectivity index is 1.72. The van der Waals surface area contributed by atoms with E-state index < -0.39 is 11.8 Å². The first-order valence-electron chi connectivity index (χ1n) is 10.4. The number of nitrogens with one attached hydrogen (secondary N) is 2. The van der Waals surface area contributed by atoms with Gasteiger partial charge in [-0.1, -0.05) is 44.2 Å². The van der Waals surface area contributed by atoms with Crippen molar-refractivity contribution in [2.45, 2.75) is 33.9 Å². The summed E-state index contributed by atoms with van der Waals surface area (Å²) < 4.78 is 1.23. The molecule has 0 fully saturated rings. The van der Waals surface area contributed by atoms with Crippen LogP contribution in [-0.2, 0) is 13.1 Å². The van der Waals surface area contributed by atoms with Gasteiger partial charge >= 0.3 is 0 Å². The van der Waals surface area contributed by atoms with E-state index in [4.69, 9.17) is 0 Å². The first-order chi connectivity index (χ1) is 15.0. The maximum atomic E-state index is 12.7. The van der Waals surface area contributed by atoms with Gasteiger partial charge in [0.05, 0.1) is 5.39 Å². The van der Waals surface area contributed by atoms with Crippen molar-refractivity contribution in [2.24, 2.45) is 0 Å². The number of hydrogen-bond acceptors (Lipinski definition) is 5. The van der Waals surface area contributed by atoms with Crippen molar-refractivity contribution in [3.63, 3.8) is 0 Å². The molecule has 2 amide bonds. The highest BCUT2D eigenvalue weighted by Crippen LogP contribution is 2.13. The fourth-order valence-corrected chi connectivity index (χ4v) is 3.33. The standard InChI is InChI=1S/C23H27N5O3/c1-4-27(5-2)15-16-11-13-17(14-12-16)21(29)24-25-22(30)20-18-9-7-8-10-19(18)23(31)28(6-3)26-20/h7-14H,4-6,15H2,1-3H3,(H,24,29)(H,25,30). The van der Waals surface area contributed by atoms with Gasteiger partial charge in [0, 0.05) is 24.0 Å². The SMILES string of the molecule is CCN(CC)Cc1ccc(C(=O)NNC(=O)c2nn(CC)c(=O)c3ccccc23)cc1. The Bertz CT molecular complexity index is 1130. The van der Waals surface area contributed by atoms with Gasteiger partial charge in [-0.05, 0) is 43.8 Å². The lowest BCUT2D eigenvalue weighted by Crippen LogP contribution is -2.42. The number of carbonyl (C=O) groups is 2. The summed E-state index contributed by atoms with van der Waals surface area (Å²) in [6.07, 6.45) is 0. The lowest BCUT2D eigenvalue weighted by molar-refractivity contribution is 0.0843. The van der Waals surface area contributed by atoms with Crippen molar-refractivity contribution in [3.8, 4) is 0 Å². The Kier molecular flexibility index (Phi) is 7.15. The lowest BCUT2D eigenvalue weighted by atomic mass is 10.1. The van der Waals surface area contributed by atoms with Crippen LogP contribution in [0.25, 0.3) is 10.8 Å². The van der Waals surface area contributed by atoms with E-state index in [9.17, 15) is 14.4 Å². The number of nitrogens with zero attached hydrogens (tertiary/aromatic N) is 3. The third kappa shape index (κ3) is 4.97. The molecule has 0 unspecified atom stereocenters. The number of carbonyl (C=O) groups excluding carboxylic acids is 2. The van der Waals surface area contributed by atoms with Crippen molar-refractivity contribution in [1.82, 2.24) is 25.5 Å². The second-order valence-corrected chi connectivity index (χ2v) is 7.08. The first kappa shape index (κ1) is 22.2. The van der Waals surface area contributed by atoms with Crippen LogP contribution in [-0.4, -0.2) is 39.6 Å². The number of aryl methyl sites for hydroxylation is 1. The molecule has 1 aromatic heterocycles. The number of amides is 2. The van der Waals surface area contributed by atoms with Gasteiger partial charge in [0.1, 0.15) is 0 Å². The van der Waals surface area contributed by atoms with E-state index in [1.165, 1.54) is 4.68 Å². The van der Waals surface area contributed by atoms with E-state index >= 15 is 0 Å². The molecule has 0 aliphatic heterocycles. The molecule has 1 heterocycles. The number of rotatable bonds is 7. The van der Waals surface area contributed by atoms with Gasteiger partial charge in [-0.3, -0.25) is 30.1 Å². The topological polar surface area (TPSA) is 96.3 Å². The van der Waals surface area contributed by atoms with Crippen LogP contribution in [0.5, 0.6) is 0 Å². The fourth-order valence-electron chi connectivity index (χ4n) is 3.33. The summed E-state index contributed by atoms with van der Waals surface area (Å²) in [7, 11) is 0. The maximum absolute atomic E-state index is 12.7. The smallest absolute Gasteiger partial charge is 0.290 e. The van der Waals surface area contributed by atoms with E-state index in [1.807, 2.05) is 12.1 Å². The molecule has 162 valence electrons. The third-order valence-electron chi connectivity index (χ3n) is 5.19. The monoisotopic (exact) mass is 421 g/mol. The zero-order valence-electron chi connectivity index (χ0n) is 18.0. The van der Waals surface area contributed by atoms with Crippen molar-refractivity contribution < 1.29 is 9.59 Å². The molecule has 0 aliphatic carbocycles. The number of benzene rings is 2. The van der Waals surface area contributed by atoms with Crippen molar-refractivity contribution in [1.29, 1.82) is 0 Å². The summed E-state index contributed by atoms with van der Waals surface area (Å²) in [6, 6.07) is 14.0. The Hall–Kier alpha value is -3.52. The molecule has 0 saturated heterocycles. The molecule has 0 bridgehead atoms. The van der Waals surface area contributed by atoms with E-state index in [2.05, 4.69) is 34.7 Å². The van der Waals surface area contributed by atoms with E-state index in [0.717, 1.165) is 25.2 Å². The number of fused-ring (bicyclic) bond motifs is 1. The van der Waals surface area contributed by atoms with Gasteiger partial charge in [0.15, 0.2) is 5.69 Å². The summed E-state index contributed by atoms with van der Waals surface area (Å²) in [5.41, 5.74) is 6.18. The van der Waals surface area contributed by atoms with Crippen molar-refractivity contribution in [2.75, 3.05) is 13.1 Å². The molecule has 0 atom stereocenters. The van der Waals surface area contributed by atoms with Crippen LogP contribution in [0.3, 0.4) is 0 Å². The maximum Gasteiger partial charge on any atom is 0.290 e. The molecular formula is C23H27N5O3. The molecule has 0 radical (unpaired) electrons. The Morgan fingerprint density at radius 1 is 0.903 bits per heavy atom. The summed E-state index contributed by atoms with van der Waals surface area (Å²) in [6.45, 7) is 9.05. The van der Waals surface area contributed by atoms with Crippen molar-refractivity contribution in [3.05, 3.63) is 75.7 Å². The highest BCUT2D eigenvalue weighted by atomic mass is 16.2. The summed E-state index contributed by atoms with van der Waals surface area (Å²) in [4.78, 5) is 39.9. The van der Waals surface area contributed by atoms with Gasteiger partial charge < -0.3 is 0 Å². The zero-order valence-corrected chi connectivity index (χ0v) is 18.0. The molecule has 2 aromatic carbocycles. The van der Waals surface area contributed by atoms with Gasteiger partial charge in [-0.2, -0.15) is 5.10 Å². The fraction of sp³-hybridized carbons (Fsp3) is 0.304. The molecule has 31 heavy (non-hydrogen) atoms. The molecule has 3 rings (SSSR count). The Morgan fingerprint density at radius 3 is 2.13 bits per heavy atom. The average molecular weight is 422 g/mol. The van der Waals surface area contributed by atoms with Crippen LogP contribution < -0.4 is 16.4 Å². The van der Waals surface area contributed by atoms with Crippen LogP contribution >= 0.6 is 0 Å².